The minimum atomic E-state index is -0.654. The zero-order valence-corrected chi connectivity index (χ0v) is 13.2. The van der Waals surface area contributed by atoms with Gasteiger partial charge in [-0.15, -0.1) is 0 Å². The van der Waals surface area contributed by atoms with E-state index in [2.05, 4.69) is 0 Å². The zero-order valence-electron chi connectivity index (χ0n) is 12.4. The number of thiocarbonyl (C=S) groups is 1. The molecule has 0 saturated carbocycles. The molecular weight excluding hydrogens is 286 g/mol. The molecule has 3 atom stereocenters. The summed E-state index contributed by atoms with van der Waals surface area (Å²) in [6.07, 6.45) is 0.581. The lowest BCUT2D eigenvalue weighted by Crippen LogP contribution is -2.45. The summed E-state index contributed by atoms with van der Waals surface area (Å²) in [7, 11) is 0. The number of nitrogens with zero attached hydrogens (tertiary/aromatic N) is 1. The molecule has 1 aromatic carbocycles. The Morgan fingerprint density at radius 1 is 1.48 bits per heavy atom. The Balaban J connectivity index is 2.11. The van der Waals surface area contributed by atoms with Gasteiger partial charge in [0, 0.05) is 0 Å². The molecule has 1 amide bonds. The molecule has 0 unspecified atom stereocenters. The molecule has 2 rings (SSSR count). The molecule has 1 aliphatic heterocycles. The number of ether oxygens (including phenoxy) is 1. The van der Waals surface area contributed by atoms with E-state index in [1.165, 1.54) is 4.90 Å². The smallest absolute Gasteiger partial charge is 0.266 e. The predicted octanol–water partition coefficient (Wildman–Crippen LogP) is 2.15. The highest BCUT2D eigenvalue weighted by atomic mass is 32.1. The van der Waals surface area contributed by atoms with Crippen molar-refractivity contribution < 1.29 is 14.6 Å². The van der Waals surface area contributed by atoms with Gasteiger partial charge in [0.15, 0.2) is 0 Å². The fraction of sp³-hybridized carbons (Fsp3) is 0.500. The highest BCUT2D eigenvalue weighted by molar-refractivity contribution is 7.80. The molecule has 5 heteroatoms. The molecule has 4 nitrogen and oxygen atoms in total. The normalized spacial score (nSPS) is 21.0. The van der Waals surface area contributed by atoms with E-state index < -0.39 is 12.0 Å². The Labute approximate surface area is 130 Å². The summed E-state index contributed by atoms with van der Waals surface area (Å²) in [6, 6.07) is 9.85. The molecule has 0 spiro atoms. The molecule has 1 heterocycles. The summed E-state index contributed by atoms with van der Waals surface area (Å²) < 4.78 is 5.39. The first-order chi connectivity index (χ1) is 10.0. The molecule has 1 aromatic rings. The molecule has 0 radical (unpaired) electrons. The van der Waals surface area contributed by atoms with Gasteiger partial charge in [0.05, 0.1) is 18.1 Å². The van der Waals surface area contributed by atoms with Crippen LogP contribution in [0.5, 0.6) is 0 Å². The van der Waals surface area contributed by atoms with E-state index in [9.17, 15) is 9.90 Å². The maximum absolute atomic E-state index is 12.6. The zero-order chi connectivity index (χ0) is 15.4. The van der Waals surface area contributed by atoms with Crippen LogP contribution in [0.2, 0.25) is 0 Å². The number of amides is 1. The van der Waals surface area contributed by atoms with Crippen LogP contribution in [-0.4, -0.2) is 39.8 Å². The van der Waals surface area contributed by atoms with Crippen LogP contribution in [0.4, 0.5) is 0 Å². The minimum absolute atomic E-state index is 0.0982. The second kappa shape index (κ2) is 7.00. The molecule has 1 saturated heterocycles. The summed E-state index contributed by atoms with van der Waals surface area (Å²) in [6.45, 7) is 4.00. The number of benzene rings is 1. The molecule has 1 fully saturated rings. The maximum atomic E-state index is 12.6. The van der Waals surface area contributed by atoms with Gasteiger partial charge in [-0.1, -0.05) is 44.2 Å². The first kappa shape index (κ1) is 15.9. The van der Waals surface area contributed by atoms with Crippen molar-refractivity contribution in [3.05, 3.63) is 35.9 Å². The third-order valence-electron chi connectivity index (χ3n) is 3.90. The van der Waals surface area contributed by atoms with Gasteiger partial charge in [0.25, 0.3) is 5.17 Å². The topological polar surface area (TPSA) is 49.8 Å². The van der Waals surface area contributed by atoms with Crippen LogP contribution in [0.15, 0.2) is 30.3 Å². The van der Waals surface area contributed by atoms with Crippen LogP contribution in [-0.2, 0) is 16.0 Å². The summed E-state index contributed by atoms with van der Waals surface area (Å²) in [5.41, 5.74) is 1.14. The van der Waals surface area contributed by atoms with Crippen LogP contribution in [0.1, 0.15) is 25.8 Å². The quantitative estimate of drug-likeness (QED) is 0.847. The summed E-state index contributed by atoms with van der Waals surface area (Å²) >= 11 is 5.15. The lowest BCUT2D eigenvalue weighted by Gasteiger charge is -2.26. The molecule has 0 aromatic heterocycles. The number of aliphatic hydroxyl groups excluding tert-OH is 1. The first-order valence-electron chi connectivity index (χ1n) is 7.26. The van der Waals surface area contributed by atoms with Crippen molar-refractivity contribution >= 4 is 23.3 Å². The van der Waals surface area contributed by atoms with Crippen molar-refractivity contribution in [2.24, 2.45) is 5.92 Å². The highest BCUT2D eigenvalue weighted by Gasteiger charge is 2.38. The molecular formula is C16H21NO3S. The van der Waals surface area contributed by atoms with Gasteiger partial charge in [-0.3, -0.25) is 9.69 Å². The third kappa shape index (κ3) is 3.60. The van der Waals surface area contributed by atoms with Crippen LogP contribution in [0, 0.1) is 5.92 Å². The Bertz CT molecular complexity index is 506. The van der Waals surface area contributed by atoms with Gasteiger partial charge >= 0.3 is 0 Å². The van der Waals surface area contributed by atoms with Gasteiger partial charge in [-0.25, -0.2) is 0 Å². The Hall–Kier alpha value is -1.46. The fourth-order valence-corrected chi connectivity index (χ4v) is 2.81. The van der Waals surface area contributed by atoms with E-state index in [1.54, 1.807) is 6.92 Å². The number of aliphatic hydroxyl groups is 1. The number of carbonyl (C=O) groups is 1. The number of hydrogen-bond donors (Lipinski definition) is 1. The van der Waals surface area contributed by atoms with Gasteiger partial charge in [0.1, 0.15) is 6.61 Å². The average Bonchev–Trinajstić information content (AvgIpc) is 2.86. The molecule has 21 heavy (non-hydrogen) atoms. The molecule has 0 aliphatic carbocycles. The fourth-order valence-electron chi connectivity index (χ4n) is 2.50. The SMILES string of the molecule is CC[C@H](O)[C@@H](C)C(=O)N1C(=S)OC[C@@H]1Cc1ccccc1. The van der Waals surface area contributed by atoms with Crippen molar-refractivity contribution in [1.82, 2.24) is 4.90 Å². The van der Waals surface area contributed by atoms with E-state index in [0.29, 0.717) is 19.4 Å². The molecule has 1 aliphatic rings. The summed E-state index contributed by atoms with van der Waals surface area (Å²) in [4.78, 5) is 14.1. The van der Waals surface area contributed by atoms with Crippen molar-refractivity contribution in [3.8, 4) is 0 Å². The van der Waals surface area contributed by atoms with E-state index in [0.717, 1.165) is 5.56 Å². The first-order valence-corrected chi connectivity index (χ1v) is 7.67. The number of rotatable bonds is 5. The van der Waals surface area contributed by atoms with Crippen molar-refractivity contribution in [3.63, 3.8) is 0 Å². The van der Waals surface area contributed by atoms with Crippen LogP contribution in [0.3, 0.4) is 0 Å². The van der Waals surface area contributed by atoms with E-state index in [1.807, 2.05) is 37.3 Å². The minimum Gasteiger partial charge on any atom is -0.468 e. The largest absolute Gasteiger partial charge is 0.468 e. The lowest BCUT2D eigenvalue weighted by atomic mass is 9.99. The van der Waals surface area contributed by atoms with Crippen molar-refractivity contribution in [2.45, 2.75) is 38.8 Å². The lowest BCUT2D eigenvalue weighted by molar-refractivity contribution is -0.135. The Kier molecular flexibility index (Phi) is 5.31. The second-order valence-electron chi connectivity index (χ2n) is 5.39. The van der Waals surface area contributed by atoms with Gasteiger partial charge in [-0.05, 0) is 30.6 Å². The summed E-state index contributed by atoms with van der Waals surface area (Å²) in [5.74, 6) is -0.638. The van der Waals surface area contributed by atoms with E-state index >= 15 is 0 Å². The average molecular weight is 307 g/mol. The number of carbonyl (C=O) groups excluding carboxylic acids is 1. The van der Waals surface area contributed by atoms with Gasteiger partial charge < -0.3 is 9.84 Å². The third-order valence-corrected chi connectivity index (χ3v) is 4.21. The van der Waals surface area contributed by atoms with Crippen molar-refractivity contribution in [1.29, 1.82) is 0 Å². The summed E-state index contributed by atoms with van der Waals surface area (Å²) in [5, 5.41) is 10.1. The standard InChI is InChI=1S/C16H21NO3S/c1-3-14(18)11(2)15(19)17-13(10-20-16(17)21)9-12-7-5-4-6-8-12/h4-8,11,13-14,18H,3,9-10H2,1-2H3/t11-,13+,14+/m1/s1. The van der Waals surface area contributed by atoms with Gasteiger partial charge in [0.2, 0.25) is 5.91 Å². The highest BCUT2D eigenvalue weighted by Crippen LogP contribution is 2.22. The molecule has 114 valence electrons. The van der Waals surface area contributed by atoms with Gasteiger partial charge in [-0.2, -0.15) is 0 Å². The monoisotopic (exact) mass is 307 g/mol. The van der Waals surface area contributed by atoms with E-state index in [-0.39, 0.29) is 17.1 Å². The van der Waals surface area contributed by atoms with Crippen molar-refractivity contribution in [2.75, 3.05) is 6.61 Å². The van der Waals surface area contributed by atoms with Crippen LogP contribution >= 0.6 is 12.2 Å². The van der Waals surface area contributed by atoms with Crippen LogP contribution < -0.4 is 0 Å². The maximum Gasteiger partial charge on any atom is 0.266 e. The Morgan fingerprint density at radius 2 is 2.14 bits per heavy atom. The van der Waals surface area contributed by atoms with Crippen LogP contribution in [0.25, 0.3) is 0 Å². The number of hydrogen-bond acceptors (Lipinski definition) is 4. The molecule has 1 N–H and O–H groups in total. The second-order valence-corrected chi connectivity index (χ2v) is 5.74. The molecule has 0 bridgehead atoms. The Morgan fingerprint density at radius 3 is 2.76 bits per heavy atom. The van der Waals surface area contributed by atoms with E-state index in [4.69, 9.17) is 17.0 Å². The predicted molar refractivity (Wildman–Crippen MR) is 84.8 cm³/mol.